The monoisotopic (exact) mass is 345 g/mol. The Morgan fingerprint density at radius 3 is 2.56 bits per heavy atom. The largest absolute Gasteiger partial charge is 0.406 e. The minimum Gasteiger partial charge on any atom is -0.395 e. The van der Waals surface area contributed by atoms with Crippen molar-refractivity contribution in [2.45, 2.75) is 13.1 Å². The van der Waals surface area contributed by atoms with Gasteiger partial charge in [-0.1, -0.05) is 0 Å². The molecule has 0 saturated carbocycles. The first-order valence-electron chi connectivity index (χ1n) is 4.97. The average molecular weight is 346 g/mol. The highest BCUT2D eigenvalue weighted by Gasteiger charge is 2.33. The first-order chi connectivity index (χ1) is 8.24. The Hall–Kier alpha value is -0.600. The Bertz CT molecular complexity index is 414. The van der Waals surface area contributed by atoms with Gasteiger partial charge in [-0.25, -0.2) is 0 Å². The van der Waals surface area contributed by atoms with E-state index >= 15 is 0 Å². The van der Waals surface area contributed by atoms with Crippen LogP contribution in [-0.2, 0) is 0 Å². The smallest absolute Gasteiger partial charge is 0.395 e. The molecule has 1 heterocycles. The SMILES string of the molecule is Cc1cc(C(=O)N(CCO)CC(F)(F)F)sc1Br. The molecule has 0 aliphatic carbocycles. The van der Waals surface area contributed by atoms with Gasteiger partial charge < -0.3 is 10.0 Å². The van der Waals surface area contributed by atoms with E-state index in [0.29, 0.717) is 8.69 Å². The normalized spacial score (nSPS) is 11.7. The van der Waals surface area contributed by atoms with Gasteiger partial charge in [0.05, 0.1) is 15.3 Å². The second-order valence-corrected chi connectivity index (χ2v) is 6.00. The van der Waals surface area contributed by atoms with Gasteiger partial charge in [0.25, 0.3) is 5.91 Å². The van der Waals surface area contributed by atoms with Gasteiger partial charge in [-0.3, -0.25) is 4.79 Å². The van der Waals surface area contributed by atoms with Crippen molar-refractivity contribution in [2.75, 3.05) is 19.7 Å². The summed E-state index contributed by atoms with van der Waals surface area (Å²) in [6.45, 7) is -0.460. The van der Waals surface area contributed by atoms with Crippen LogP contribution < -0.4 is 0 Å². The van der Waals surface area contributed by atoms with Gasteiger partial charge in [0.1, 0.15) is 6.54 Å². The van der Waals surface area contributed by atoms with Crippen LogP contribution in [0.5, 0.6) is 0 Å². The number of amides is 1. The molecule has 18 heavy (non-hydrogen) atoms. The molecule has 0 aliphatic heterocycles. The molecular weight excluding hydrogens is 335 g/mol. The van der Waals surface area contributed by atoms with Gasteiger partial charge in [0.15, 0.2) is 0 Å². The second-order valence-electron chi connectivity index (χ2n) is 3.63. The molecule has 1 N–H and O–H groups in total. The molecule has 3 nitrogen and oxygen atoms in total. The van der Waals surface area contributed by atoms with Gasteiger partial charge in [-0.2, -0.15) is 13.2 Å². The maximum absolute atomic E-state index is 12.3. The number of aliphatic hydroxyl groups excluding tert-OH is 1. The van der Waals surface area contributed by atoms with E-state index in [-0.39, 0.29) is 11.4 Å². The molecule has 1 aromatic heterocycles. The lowest BCUT2D eigenvalue weighted by Crippen LogP contribution is -2.40. The summed E-state index contributed by atoms with van der Waals surface area (Å²) in [6, 6.07) is 1.53. The summed E-state index contributed by atoms with van der Waals surface area (Å²) in [5, 5.41) is 8.72. The molecule has 0 fully saturated rings. The highest BCUT2D eigenvalue weighted by atomic mass is 79.9. The number of hydrogen-bond donors (Lipinski definition) is 1. The summed E-state index contributed by atoms with van der Waals surface area (Å²) in [4.78, 5) is 12.7. The number of aryl methyl sites for hydroxylation is 1. The van der Waals surface area contributed by atoms with Crippen LogP contribution >= 0.6 is 27.3 Å². The highest BCUT2D eigenvalue weighted by Crippen LogP contribution is 2.29. The molecule has 102 valence electrons. The first-order valence-corrected chi connectivity index (χ1v) is 6.58. The molecule has 0 aliphatic rings. The van der Waals surface area contributed by atoms with Crippen LogP contribution in [0.1, 0.15) is 15.2 Å². The molecule has 0 unspecified atom stereocenters. The zero-order valence-electron chi connectivity index (χ0n) is 9.42. The summed E-state index contributed by atoms with van der Waals surface area (Å²) >= 11 is 4.29. The number of hydrogen-bond acceptors (Lipinski definition) is 3. The zero-order chi connectivity index (χ0) is 13.9. The predicted molar refractivity (Wildman–Crippen MR) is 65.8 cm³/mol. The number of nitrogens with zero attached hydrogens (tertiary/aromatic N) is 1. The first kappa shape index (κ1) is 15.5. The number of aliphatic hydroxyl groups is 1. The molecule has 1 aromatic rings. The molecule has 0 radical (unpaired) electrons. The topological polar surface area (TPSA) is 40.5 Å². The van der Waals surface area contributed by atoms with Crippen molar-refractivity contribution in [1.82, 2.24) is 4.90 Å². The van der Waals surface area contributed by atoms with Crippen LogP contribution in [0.4, 0.5) is 13.2 Å². The summed E-state index contributed by atoms with van der Waals surface area (Å²) in [7, 11) is 0. The summed E-state index contributed by atoms with van der Waals surface area (Å²) in [5.74, 6) is -0.722. The van der Waals surface area contributed by atoms with E-state index in [1.165, 1.54) is 6.07 Å². The van der Waals surface area contributed by atoms with E-state index in [2.05, 4.69) is 15.9 Å². The summed E-state index contributed by atoms with van der Waals surface area (Å²) in [5.41, 5.74) is 0.791. The van der Waals surface area contributed by atoms with Crippen molar-refractivity contribution in [1.29, 1.82) is 0 Å². The Morgan fingerprint density at radius 1 is 1.56 bits per heavy atom. The van der Waals surface area contributed by atoms with Gasteiger partial charge in [-0.15, -0.1) is 11.3 Å². The molecule has 0 bridgehead atoms. The fourth-order valence-corrected chi connectivity index (χ4v) is 2.81. The third kappa shape index (κ3) is 4.25. The fourth-order valence-electron chi connectivity index (χ4n) is 1.31. The molecule has 1 amide bonds. The number of halogens is 4. The molecule has 0 saturated heterocycles. The number of rotatable bonds is 4. The number of alkyl halides is 3. The lowest BCUT2D eigenvalue weighted by atomic mass is 10.3. The van der Waals surface area contributed by atoms with Gasteiger partial charge in [-0.05, 0) is 34.5 Å². The number of carbonyl (C=O) groups is 1. The summed E-state index contributed by atoms with van der Waals surface area (Å²) in [6.07, 6.45) is -4.48. The van der Waals surface area contributed by atoms with E-state index in [1.54, 1.807) is 6.92 Å². The van der Waals surface area contributed by atoms with Crippen LogP contribution in [0.25, 0.3) is 0 Å². The zero-order valence-corrected chi connectivity index (χ0v) is 11.8. The third-order valence-corrected chi connectivity index (χ3v) is 4.22. The highest BCUT2D eigenvalue weighted by molar-refractivity contribution is 9.11. The van der Waals surface area contributed by atoms with E-state index in [0.717, 1.165) is 16.9 Å². The Morgan fingerprint density at radius 2 is 2.17 bits per heavy atom. The Labute approximate surface area is 114 Å². The van der Waals surface area contributed by atoms with Crippen molar-refractivity contribution in [3.05, 3.63) is 20.3 Å². The van der Waals surface area contributed by atoms with E-state index < -0.39 is 25.2 Å². The van der Waals surface area contributed by atoms with Crippen molar-refractivity contribution in [3.63, 3.8) is 0 Å². The molecule has 0 atom stereocenters. The minimum atomic E-state index is -4.48. The van der Waals surface area contributed by atoms with Gasteiger partial charge >= 0.3 is 6.18 Å². The molecule has 8 heteroatoms. The summed E-state index contributed by atoms with van der Waals surface area (Å²) < 4.78 is 37.6. The van der Waals surface area contributed by atoms with Crippen molar-refractivity contribution < 1.29 is 23.1 Å². The van der Waals surface area contributed by atoms with Crippen LogP contribution in [0.15, 0.2) is 9.85 Å². The van der Waals surface area contributed by atoms with Crippen LogP contribution in [0.2, 0.25) is 0 Å². The lowest BCUT2D eigenvalue weighted by molar-refractivity contribution is -0.141. The maximum Gasteiger partial charge on any atom is 0.406 e. The number of carbonyl (C=O) groups excluding carboxylic acids is 1. The van der Waals surface area contributed by atoms with Crippen molar-refractivity contribution in [3.8, 4) is 0 Å². The molecule has 0 spiro atoms. The van der Waals surface area contributed by atoms with Crippen LogP contribution in [0.3, 0.4) is 0 Å². The molecular formula is C10H11BrF3NO2S. The Kier molecular flexibility index (Phi) is 5.18. The quantitative estimate of drug-likeness (QED) is 0.911. The van der Waals surface area contributed by atoms with E-state index in [1.807, 2.05) is 0 Å². The predicted octanol–water partition coefficient (Wildman–Crippen LogP) is 2.82. The third-order valence-electron chi connectivity index (χ3n) is 2.10. The minimum absolute atomic E-state index is 0.220. The van der Waals surface area contributed by atoms with Gasteiger partial charge in [0.2, 0.25) is 0 Å². The fraction of sp³-hybridized carbons (Fsp3) is 0.500. The number of thiophene rings is 1. The lowest BCUT2D eigenvalue weighted by Gasteiger charge is -2.22. The average Bonchev–Trinajstić information content (AvgIpc) is 2.56. The van der Waals surface area contributed by atoms with Crippen LogP contribution in [-0.4, -0.2) is 41.8 Å². The maximum atomic E-state index is 12.3. The van der Waals surface area contributed by atoms with Crippen molar-refractivity contribution in [2.24, 2.45) is 0 Å². The second kappa shape index (κ2) is 6.03. The van der Waals surface area contributed by atoms with Crippen LogP contribution in [0, 0.1) is 6.92 Å². The van der Waals surface area contributed by atoms with E-state index in [4.69, 9.17) is 5.11 Å². The Balaban J connectivity index is 2.88. The molecule has 1 rings (SSSR count). The standard InChI is InChI=1S/C10H11BrF3NO2S/c1-6-4-7(18-8(6)11)9(17)15(2-3-16)5-10(12,13)14/h4,16H,2-3,5H2,1H3. The van der Waals surface area contributed by atoms with Gasteiger partial charge in [0, 0.05) is 6.54 Å². The molecule has 0 aromatic carbocycles. The van der Waals surface area contributed by atoms with Crippen molar-refractivity contribution >= 4 is 33.2 Å². The van der Waals surface area contributed by atoms with E-state index in [9.17, 15) is 18.0 Å².